The van der Waals surface area contributed by atoms with Crippen LogP contribution in [0, 0.1) is 0 Å². The van der Waals surface area contributed by atoms with Gasteiger partial charge >= 0.3 is 6.03 Å². The van der Waals surface area contributed by atoms with Gasteiger partial charge in [-0.2, -0.15) is 11.3 Å². The van der Waals surface area contributed by atoms with Crippen molar-refractivity contribution < 1.29 is 4.79 Å². The summed E-state index contributed by atoms with van der Waals surface area (Å²) in [5.41, 5.74) is 3.09. The molecule has 0 unspecified atom stereocenters. The maximum Gasteiger partial charge on any atom is 0.318 e. The average Bonchev–Trinajstić information content (AvgIpc) is 3.14. The normalized spacial score (nSPS) is 10.3. The van der Waals surface area contributed by atoms with Crippen molar-refractivity contribution in [2.24, 2.45) is 0 Å². The van der Waals surface area contributed by atoms with E-state index in [-0.39, 0.29) is 6.03 Å². The van der Waals surface area contributed by atoms with Gasteiger partial charge in [0.2, 0.25) is 0 Å². The summed E-state index contributed by atoms with van der Waals surface area (Å²) < 4.78 is 0. The Kier molecular flexibility index (Phi) is 5.58. The molecule has 4 nitrogen and oxygen atoms in total. The number of nitrogens with one attached hydrogen (secondary N) is 1. The molecule has 1 aromatic carbocycles. The Hall–Kier alpha value is -2.66. The molecule has 2 amide bonds. The molecule has 122 valence electrons. The second-order valence-corrected chi connectivity index (χ2v) is 6.23. The zero-order valence-electron chi connectivity index (χ0n) is 13.3. The first-order valence-electron chi connectivity index (χ1n) is 7.79. The Labute approximate surface area is 145 Å². The highest BCUT2D eigenvalue weighted by molar-refractivity contribution is 7.07. The van der Waals surface area contributed by atoms with Crippen molar-refractivity contribution in [3.8, 4) is 0 Å². The van der Waals surface area contributed by atoms with Crippen LogP contribution in [0.1, 0.15) is 16.8 Å². The van der Waals surface area contributed by atoms with E-state index in [1.165, 1.54) is 0 Å². The fraction of sp³-hybridized carbons (Fsp3) is 0.158. The van der Waals surface area contributed by atoms with Gasteiger partial charge in [0, 0.05) is 19.3 Å². The van der Waals surface area contributed by atoms with Crippen LogP contribution in [0.3, 0.4) is 0 Å². The number of amides is 2. The average molecular weight is 337 g/mol. The van der Waals surface area contributed by atoms with Crippen LogP contribution < -0.4 is 5.32 Å². The summed E-state index contributed by atoms with van der Waals surface area (Å²) in [5, 5.41) is 7.08. The molecule has 0 saturated heterocycles. The highest BCUT2D eigenvalue weighted by atomic mass is 32.1. The quantitative estimate of drug-likeness (QED) is 0.737. The Bertz CT molecular complexity index is 745. The molecule has 0 aliphatic rings. The molecule has 1 N–H and O–H groups in total. The number of rotatable bonds is 6. The summed E-state index contributed by atoms with van der Waals surface area (Å²) in [6, 6.07) is 17.6. The third-order valence-electron chi connectivity index (χ3n) is 3.61. The number of aromatic nitrogens is 1. The number of nitrogens with zero attached hydrogens (tertiary/aromatic N) is 2. The molecule has 2 heterocycles. The van der Waals surface area contributed by atoms with E-state index in [1.54, 1.807) is 22.4 Å². The van der Waals surface area contributed by atoms with Gasteiger partial charge in [-0.15, -0.1) is 0 Å². The molecule has 0 bridgehead atoms. The van der Waals surface area contributed by atoms with E-state index in [0.717, 1.165) is 16.8 Å². The van der Waals surface area contributed by atoms with Crippen LogP contribution >= 0.6 is 11.3 Å². The van der Waals surface area contributed by atoms with Crippen molar-refractivity contribution in [1.82, 2.24) is 15.2 Å². The first-order chi connectivity index (χ1) is 11.8. The van der Waals surface area contributed by atoms with Crippen LogP contribution in [-0.2, 0) is 19.6 Å². The number of thiophene rings is 1. The SMILES string of the molecule is O=C(NCc1ccccc1)N(Cc1ccsc1)Cc1ccccn1. The minimum atomic E-state index is -0.0873. The maximum atomic E-state index is 12.6. The predicted octanol–water partition coefficient (Wildman–Crippen LogP) is 4.06. The molecule has 24 heavy (non-hydrogen) atoms. The van der Waals surface area contributed by atoms with Crippen molar-refractivity contribution in [3.05, 3.63) is 88.4 Å². The summed E-state index contributed by atoms with van der Waals surface area (Å²) in [7, 11) is 0. The van der Waals surface area contributed by atoms with Crippen LogP contribution in [0.15, 0.2) is 71.6 Å². The fourth-order valence-corrected chi connectivity index (χ4v) is 3.03. The minimum Gasteiger partial charge on any atom is -0.334 e. The predicted molar refractivity (Wildman–Crippen MR) is 96.5 cm³/mol. The van der Waals surface area contributed by atoms with Gasteiger partial charge in [0.05, 0.1) is 12.2 Å². The summed E-state index contributed by atoms with van der Waals surface area (Å²) in [5.74, 6) is 0. The third kappa shape index (κ3) is 4.67. The highest BCUT2D eigenvalue weighted by Gasteiger charge is 2.15. The molecule has 3 rings (SSSR count). The van der Waals surface area contributed by atoms with Crippen LogP contribution in [-0.4, -0.2) is 15.9 Å². The van der Waals surface area contributed by atoms with E-state index < -0.39 is 0 Å². The number of hydrogen-bond donors (Lipinski definition) is 1. The lowest BCUT2D eigenvalue weighted by atomic mass is 10.2. The van der Waals surface area contributed by atoms with Crippen LogP contribution in [0.2, 0.25) is 0 Å². The van der Waals surface area contributed by atoms with E-state index in [0.29, 0.717) is 19.6 Å². The molecule has 2 aromatic heterocycles. The molecule has 0 atom stereocenters. The number of hydrogen-bond acceptors (Lipinski definition) is 3. The lowest BCUT2D eigenvalue weighted by molar-refractivity contribution is 0.191. The molecule has 3 aromatic rings. The van der Waals surface area contributed by atoms with Crippen molar-refractivity contribution in [2.75, 3.05) is 0 Å². The van der Waals surface area contributed by atoms with E-state index in [1.807, 2.05) is 60.0 Å². The molecule has 0 spiro atoms. The topological polar surface area (TPSA) is 45.2 Å². The Morgan fingerprint density at radius 1 is 1.00 bits per heavy atom. The Morgan fingerprint density at radius 3 is 2.54 bits per heavy atom. The smallest absolute Gasteiger partial charge is 0.318 e. The molecular weight excluding hydrogens is 318 g/mol. The van der Waals surface area contributed by atoms with E-state index >= 15 is 0 Å². The van der Waals surface area contributed by atoms with Gasteiger partial charge < -0.3 is 10.2 Å². The third-order valence-corrected chi connectivity index (χ3v) is 4.34. The van der Waals surface area contributed by atoms with Crippen molar-refractivity contribution >= 4 is 17.4 Å². The molecular formula is C19H19N3OS. The second-order valence-electron chi connectivity index (χ2n) is 5.45. The summed E-state index contributed by atoms with van der Waals surface area (Å²) in [6.45, 7) is 1.57. The van der Waals surface area contributed by atoms with Crippen LogP contribution in [0.25, 0.3) is 0 Å². The summed E-state index contributed by atoms with van der Waals surface area (Å²) >= 11 is 1.64. The second kappa shape index (κ2) is 8.26. The lowest BCUT2D eigenvalue weighted by Gasteiger charge is -2.22. The summed E-state index contributed by atoms with van der Waals surface area (Å²) in [4.78, 5) is 18.8. The first-order valence-corrected chi connectivity index (χ1v) is 8.73. The van der Waals surface area contributed by atoms with Crippen molar-refractivity contribution in [3.63, 3.8) is 0 Å². The van der Waals surface area contributed by atoms with E-state index in [4.69, 9.17) is 0 Å². The zero-order chi connectivity index (χ0) is 16.6. The molecule has 0 saturated carbocycles. The number of carbonyl (C=O) groups is 1. The Balaban J connectivity index is 1.67. The van der Waals surface area contributed by atoms with Gasteiger partial charge in [-0.05, 0) is 40.1 Å². The molecule has 0 aliphatic heterocycles. The number of urea groups is 1. The van der Waals surface area contributed by atoms with Gasteiger partial charge in [0.25, 0.3) is 0 Å². The number of benzene rings is 1. The molecule has 0 fully saturated rings. The fourth-order valence-electron chi connectivity index (χ4n) is 2.38. The monoisotopic (exact) mass is 337 g/mol. The Morgan fingerprint density at radius 2 is 1.83 bits per heavy atom. The van der Waals surface area contributed by atoms with Crippen LogP contribution in [0.5, 0.6) is 0 Å². The van der Waals surface area contributed by atoms with Gasteiger partial charge in [-0.3, -0.25) is 4.98 Å². The van der Waals surface area contributed by atoms with Gasteiger partial charge in [0.1, 0.15) is 0 Å². The zero-order valence-corrected chi connectivity index (χ0v) is 14.1. The standard InChI is InChI=1S/C19H19N3OS/c23-19(21-12-16-6-2-1-3-7-16)22(13-17-9-11-24-15-17)14-18-8-4-5-10-20-18/h1-11,15H,12-14H2,(H,21,23). The highest BCUT2D eigenvalue weighted by Crippen LogP contribution is 2.12. The molecule has 0 aliphatic carbocycles. The molecule has 0 radical (unpaired) electrons. The largest absolute Gasteiger partial charge is 0.334 e. The summed E-state index contributed by atoms with van der Waals surface area (Å²) in [6.07, 6.45) is 1.75. The lowest BCUT2D eigenvalue weighted by Crippen LogP contribution is -2.38. The van der Waals surface area contributed by atoms with Crippen molar-refractivity contribution in [1.29, 1.82) is 0 Å². The number of pyridine rings is 1. The minimum absolute atomic E-state index is 0.0873. The van der Waals surface area contributed by atoms with Gasteiger partial charge in [0.15, 0.2) is 0 Å². The van der Waals surface area contributed by atoms with Gasteiger partial charge in [-0.25, -0.2) is 4.79 Å². The van der Waals surface area contributed by atoms with Gasteiger partial charge in [-0.1, -0.05) is 36.4 Å². The van der Waals surface area contributed by atoms with Crippen LogP contribution in [0.4, 0.5) is 4.79 Å². The molecule has 5 heteroatoms. The number of carbonyl (C=O) groups excluding carboxylic acids is 1. The van der Waals surface area contributed by atoms with E-state index in [2.05, 4.69) is 15.7 Å². The maximum absolute atomic E-state index is 12.6. The van der Waals surface area contributed by atoms with E-state index in [9.17, 15) is 4.79 Å². The van der Waals surface area contributed by atoms with Crippen molar-refractivity contribution in [2.45, 2.75) is 19.6 Å². The first kappa shape index (κ1) is 16.2.